The van der Waals surface area contributed by atoms with Gasteiger partial charge >= 0.3 is 0 Å². The maximum atomic E-state index is 5.18. The van der Waals surface area contributed by atoms with Crippen LogP contribution < -0.4 is 0 Å². The van der Waals surface area contributed by atoms with Gasteiger partial charge < -0.3 is 4.74 Å². The van der Waals surface area contributed by atoms with Gasteiger partial charge in [0.25, 0.3) is 0 Å². The number of terminal acetylenes is 1. The third kappa shape index (κ3) is 4.40. The second-order valence-electron chi connectivity index (χ2n) is 2.52. The van der Waals surface area contributed by atoms with Crippen molar-refractivity contribution in [1.29, 1.82) is 0 Å². The first kappa shape index (κ1) is 9.52. The van der Waals surface area contributed by atoms with E-state index < -0.39 is 0 Å². The highest BCUT2D eigenvalue weighted by atomic mass is 16.5. The van der Waals surface area contributed by atoms with Gasteiger partial charge in [0.1, 0.15) is 0 Å². The lowest BCUT2D eigenvalue weighted by atomic mass is 10.0. The lowest BCUT2D eigenvalue weighted by Gasteiger charge is -2.10. The highest BCUT2D eigenvalue weighted by Gasteiger charge is 2.03. The lowest BCUT2D eigenvalue weighted by molar-refractivity contribution is 0.149. The molecule has 0 N–H and O–H groups in total. The van der Waals surface area contributed by atoms with Crippen molar-refractivity contribution in [2.24, 2.45) is 5.92 Å². The molecule has 0 radical (unpaired) electrons. The van der Waals surface area contributed by atoms with E-state index in [1.54, 1.807) is 7.11 Å². The van der Waals surface area contributed by atoms with Crippen LogP contribution in [0.5, 0.6) is 0 Å². The molecule has 0 aromatic rings. The number of rotatable bonds is 5. The molecule has 58 valence electrons. The van der Waals surface area contributed by atoms with Crippen molar-refractivity contribution >= 4 is 0 Å². The Bertz CT molecular complexity index is 95.8. The largest absolute Gasteiger partial charge is 0.384 e. The molecule has 0 aliphatic rings. The van der Waals surface area contributed by atoms with Gasteiger partial charge in [0, 0.05) is 20.1 Å². The van der Waals surface area contributed by atoms with Crippen molar-refractivity contribution in [3.63, 3.8) is 0 Å². The zero-order chi connectivity index (χ0) is 7.82. The monoisotopic (exact) mass is 140 g/mol. The predicted molar refractivity (Wildman–Crippen MR) is 43.7 cm³/mol. The predicted octanol–water partition coefficient (Wildman–Crippen LogP) is 2.07. The molecule has 0 amide bonds. The normalized spacial score (nSPS) is 12.5. The summed E-state index contributed by atoms with van der Waals surface area (Å²) in [4.78, 5) is 0. The molecule has 0 spiro atoms. The first-order chi connectivity index (χ1) is 4.85. The zero-order valence-corrected chi connectivity index (χ0v) is 6.89. The smallest absolute Gasteiger partial charge is 0.0499 e. The molecule has 0 rings (SSSR count). The molecular weight excluding hydrogens is 124 g/mol. The molecule has 0 bridgehead atoms. The zero-order valence-electron chi connectivity index (χ0n) is 6.89. The standard InChI is InChI=1S/C9H16O/c1-4-6-9(7-5-2)8-10-3/h1,9H,5-8H2,2-3H3/t9-/m1/s1. The van der Waals surface area contributed by atoms with Gasteiger partial charge in [-0.2, -0.15) is 0 Å². The van der Waals surface area contributed by atoms with Crippen LogP contribution in [0.1, 0.15) is 26.2 Å². The summed E-state index contributed by atoms with van der Waals surface area (Å²) in [6.45, 7) is 2.97. The van der Waals surface area contributed by atoms with Crippen LogP contribution in [0.2, 0.25) is 0 Å². The maximum absolute atomic E-state index is 5.18. The fourth-order valence-corrected chi connectivity index (χ4v) is 1.05. The molecule has 1 heteroatoms. The van der Waals surface area contributed by atoms with Gasteiger partial charge in [-0.3, -0.25) is 0 Å². The van der Waals surface area contributed by atoms with E-state index in [0.29, 0.717) is 5.92 Å². The third-order valence-electron chi connectivity index (χ3n) is 1.51. The average Bonchev–Trinajstić information content (AvgIpc) is 1.90. The Hall–Kier alpha value is -0.480. The van der Waals surface area contributed by atoms with Gasteiger partial charge in [0.05, 0.1) is 0 Å². The quantitative estimate of drug-likeness (QED) is 0.531. The van der Waals surface area contributed by atoms with E-state index in [-0.39, 0.29) is 0 Å². The van der Waals surface area contributed by atoms with E-state index >= 15 is 0 Å². The van der Waals surface area contributed by atoms with Crippen molar-refractivity contribution in [3.05, 3.63) is 0 Å². The summed E-state index contributed by atoms with van der Waals surface area (Å²) in [6, 6.07) is 0. The highest BCUT2D eigenvalue weighted by molar-refractivity contribution is 4.86. The molecule has 0 aliphatic carbocycles. The Morgan fingerprint density at radius 1 is 1.60 bits per heavy atom. The first-order valence-electron chi connectivity index (χ1n) is 3.77. The summed E-state index contributed by atoms with van der Waals surface area (Å²) < 4.78 is 5.01. The van der Waals surface area contributed by atoms with Crippen LogP contribution in [0, 0.1) is 18.3 Å². The van der Waals surface area contributed by atoms with Crippen LogP contribution in [0.4, 0.5) is 0 Å². The van der Waals surface area contributed by atoms with E-state index in [2.05, 4.69) is 12.8 Å². The number of hydrogen-bond acceptors (Lipinski definition) is 1. The first-order valence-corrected chi connectivity index (χ1v) is 3.77. The van der Waals surface area contributed by atoms with Crippen molar-refractivity contribution in [3.8, 4) is 12.3 Å². The molecule has 0 aromatic heterocycles. The minimum absolute atomic E-state index is 0.569. The Balaban J connectivity index is 3.42. The summed E-state index contributed by atoms with van der Waals surface area (Å²) in [5.41, 5.74) is 0. The van der Waals surface area contributed by atoms with Crippen LogP contribution in [0.15, 0.2) is 0 Å². The van der Waals surface area contributed by atoms with E-state index in [1.165, 1.54) is 12.8 Å². The van der Waals surface area contributed by atoms with Crippen LogP contribution in [-0.2, 0) is 4.74 Å². The van der Waals surface area contributed by atoms with Crippen LogP contribution >= 0.6 is 0 Å². The number of methoxy groups -OCH3 is 1. The van der Waals surface area contributed by atoms with Crippen molar-refractivity contribution in [2.75, 3.05) is 13.7 Å². The molecule has 0 unspecified atom stereocenters. The second-order valence-corrected chi connectivity index (χ2v) is 2.52. The number of ether oxygens (including phenoxy) is 1. The van der Waals surface area contributed by atoms with Gasteiger partial charge in [0.15, 0.2) is 0 Å². The maximum Gasteiger partial charge on any atom is 0.0499 e. The topological polar surface area (TPSA) is 9.23 Å². The SMILES string of the molecule is C#CC[C@H](CCC)COC. The molecule has 0 saturated carbocycles. The van der Waals surface area contributed by atoms with E-state index in [4.69, 9.17) is 11.2 Å². The molecule has 0 heterocycles. The minimum atomic E-state index is 0.569. The molecule has 0 aromatic carbocycles. The molecule has 0 saturated heterocycles. The summed E-state index contributed by atoms with van der Waals surface area (Å²) in [7, 11) is 1.72. The van der Waals surface area contributed by atoms with Crippen molar-refractivity contribution in [2.45, 2.75) is 26.2 Å². The Kier molecular flexibility index (Phi) is 6.32. The third-order valence-corrected chi connectivity index (χ3v) is 1.51. The molecular formula is C9H16O. The van der Waals surface area contributed by atoms with Gasteiger partial charge in [0.2, 0.25) is 0 Å². The van der Waals surface area contributed by atoms with E-state index in [0.717, 1.165) is 13.0 Å². The van der Waals surface area contributed by atoms with Gasteiger partial charge in [-0.15, -0.1) is 12.3 Å². The van der Waals surface area contributed by atoms with Crippen molar-refractivity contribution < 1.29 is 4.74 Å². The Morgan fingerprint density at radius 3 is 2.70 bits per heavy atom. The van der Waals surface area contributed by atoms with Crippen LogP contribution in [0.3, 0.4) is 0 Å². The summed E-state index contributed by atoms with van der Waals surface area (Å²) in [5.74, 6) is 3.23. The van der Waals surface area contributed by atoms with E-state index in [9.17, 15) is 0 Å². The molecule has 10 heavy (non-hydrogen) atoms. The van der Waals surface area contributed by atoms with Crippen LogP contribution in [-0.4, -0.2) is 13.7 Å². The molecule has 1 nitrogen and oxygen atoms in total. The number of hydrogen-bond donors (Lipinski definition) is 0. The second kappa shape index (κ2) is 6.64. The summed E-state index contributed by atoms with van der Waals surface area (Å²) in [5, 5.41) is 0. The highest BCUT2D eigenvalue weighted by Crippen LogP contribution is 2.09. The van der Waals surface area contributed by atoms with Gasteiger partial charge in [-0.1, -0.05) is 13.3 Å². The fraction of sp³-hybridized carbons (Fsp3) is 0.778. The van der Waals surface area contributed by atoms with Crippen LogP contribution in [0.25, 0.3) is 0 Å². The molecule has 1 atom stereocenters. The fourth-order valence-electron chi connectivity index (χ4n) is 1.05. The lowest BCUT2D eigenvalue weighted by Crippen LogP contribution is -2.06. The Labute approximate surface area is 63.8 Å². The molecule has 0 aliphatic heterocycles. The van der Waals surface area contributed by atoms with Gasteiger partial charge in [-0.25, -0.2) is 0 Å². The molecule has 0 fully saturated rings. The van der Waals surface area contributed by atoms with Crippen molar-refractivity contribution in [1.82, 2.24) is 0 Å². The minimum Gasteiger partial charge on any atom is -0.384 e. The summed E-state index contributed by atoms with van der Waals surface area (Å²) in [6.07, 6.45) is 8.40. The average molecular weight is 140 g/mol. The summed E-state index contributed by atoms with van der Waals surface area (Å²) >= 11 is 0. The van der Waals surface area contributed by atoms with Gasteiger partial charge in [-0.05, 0) is 12.3 Å². The Morgan fingerprint density at radius 2 is 2.30 bits per heavy atom. The van der Waals surface area contributed by atoms with E-state index in [1.807, 2.05) is 0 Å².